The molecular formula is C21H30O6. The molecular weight excluding hydrogens is 348 g/mol. The monoisotopic (exact) mass is 378 g/mol. The van der Waals surface area contributed by atoms with Crippen molar-refractivity contribution in [3.8, 4) is 0 Å². The average molecular weight is 378 g/mol. The molecule has 6 heteroatoms. The fourth-order valence-corrected chi connectivity index (χ4v) is 4.72. The summed E-state index contributed by atoms with van der Waals surface area (Å²) < 4.78 is 5.11. The predicted octanol–water partition coefficient (Wildman–Crippen LogP) is 2.33. The molecule has 2 aliphatic carbocycles. The summed E-state index contributed by atoms with van der Waals surface area (Å²) in [5.74, 6) is -2.60. The summed E-state index contributed by atoms with van der Waals surface area (Å²) in [5.41, 5.74) is -1.33. The number of ketones is 2. The second-order valence-corrected chi connectivity index (χ2v) is 8.57. The first kappa shape index (κ1) is 21.5. The summed E-state index contributed by atoms with van der Waals surface area (Å²) in [6, 6.07) is 0. The van der Waals surface area contributed by atoms with E-state index in [4.69, 9.17) is 4.74 Å². The molecule has 0 spiro atoms. The van der Waals surface area contributed by atoms with E-state index in [1.807, 2.05) is 6.92 Å². The lowest BCUT2D eigenvalue weighted by molar-refractivity contribution is -0.154. The van der Waals surface area contributed by atoms with E-state index < -0.39 is 29.9 Å². The largest absolute Gasteiger partial charge is 0.432 e. The summed E-state index contributed by atoms with van der Waals surface area (Å²) in [6.07, 6.45) is 6.28. The van der Waals surface area contributed by atoms with Gasteiger partial charge in [0.05, 0.1) is 12.9 Å². The van der Waals surface area contributed by atoms with Gasteiger partial charge in [0, 0.05) is 18.4 Å². The molecule has 2 saturated carbocycles. The number of aliphatic hydroxyl groups is 2. The molecule has 0 heterocycles. The van der Waals surface area contributed by atoms with Gasteiger partial charge in [-0.05, 0) is 63.4 Å². The van der Waals surface area contributed by atoms with Crippen LogP contribution in [0.1, 0.15) is 53.4 Å². The molecule has 0 aliphatic heterocycles. The Morgan fingerprint density at radius 2 is 1.96 bits per heavy atom. The summed E-state index contributed by atoms with van der Waals surface area (Å²) in [4.78, 5) is 36.7. The molecule has 0 radical (unpaired) electrons. The van der Waals surface area contributed by atoms with Crippen molar-refractivity contribution in [3.63, 3.8) is 0 Å². The van der Waals surface area contributed by atoms with Gasteiger partial charge in [-0.15, -0.1) is 0 Å². The summed E-state index contributed by atoms with van der Waals surface area (Å²) in [5, 5.41) is 20.7. The molecule has 0 aromatic heterocycles. The standard InChI is InChI=1S/C21H30O6/c1-13(2)9-18(24)27-8-6-17-16(10-14(3)23)19(25)21(26,12-22)15-5-7-20(17,4)11-15/h6,8-9,15-17,22,26H,5,7,10-12H2,1-4H3. The number of hydrogen-bond donors (Lipinski definition) is 2. The summed E-state index contributed by atoms with van der Waals surface area (Å²) >= 11 is 0. The van der Waals surface area contributed by atoms with E-state index in [-0.39, 0.29) is 29.5 Å². The summed E-state index contributed by atoms with van der Waals surface area (Å²) in [6.45, 7) is 6.36. The van der Waals surface area contributed by atoms with Gasteiger partial charge in [-0.2, -0.15) is 0 Å². The number of carbonyl (C=O) groups is 3. The van der Waals surface area contributed by atoms with Crippen LogP contribution in [0.3, 0.4) is 0 Å². The van der Waals surface area contributed by atoms with E-state index in [0.717, 1.165) is 12.0 Å². The van der Waals surface area contributed by atoms with Crippen molar-refractivity contribution < 1.29 is 29.3 Å². The molecule has 2 rings (SSSR count). The van der Waals surface area contributed by atoms with Crippen LogP contribution in [0.4, 0.5) is 0 Å². The smallest absolute Gasteiger partial charge is 0.335 e. The topological polar surface area (TPSA) is 101 Å². The van der Waals surface area contributed by atoms with Crippen molar-refractivity contribution in [2.75, 3.05) is 6.61 Å². The Labute approximate surface area is 160 Å². The van der Waals surface area contributed by atoms with Crippen LogP contribution in [0, 0.1) is 23.2 Å². The number of Topliss-reactive ketones (excluding diaryl/α,β-unsaturated/α-hetero) is 2. The molecule has 5 unspecified atom stereocenters. The quantitative estimate of drug-likeness (QED) is 0.418. The molecule has 0 amide bonds. The molecule has 27 heavy (non-hydrogen) atoms. The molecule has 0 aromatic carbocycles. The van der Waals surface area contributed by atoms with E-state index in [2.05, 4.69) is 0 Å². The molecule has 0 aromatic rings. The van der Waals surface area contributed by atoms with Crippen LogP contribution in [0.2, 0.25) is 0 Å². The zero-order chi connectivity index (χ0) is 20.4. The minimum Gasteiger partial charge on any atom is -0.432 e. The van der Waals surface area contributed by atoms with E-state index >= 15 is 0 Å². The number of fused-ring (bicyclic) bond motifs is 2. The second kappa shape index (κ2) is 8.07. The van der Waals surface area contributed by atoms with E-state index in [1.54, 1.807) is 19.9 Å². The van der Waals surface area contributed by atoms with Crippen LogP contribution < -0.4 is 0 Å². The lowest BCUT2D eigenvalue weighted by atomic mass is 9.67. The number of ether oxygens (including phenoxy) is 1. The molecule has 6 nitrogen and oxygen atoms in total. The van der Waals surface area contributed by atoms with E-state index in [9.17, 15) is 24.6 Å². The zero-order valence-corrected chi connectivity index (χ0v) is 16.5. The maximum atomic E-state index is 13.1. The number of esters is 1. The molecule has 2 N–H and O–H groups in total. The van der Waals surface area contributed by atoms with E-state index in [0.29, 0.717) is 12.8 Å². The van der Waals surface area contributed by atoms with Crippen molar-refractivity contribution in [1.29, 1.82) is 0 Å². The summed E-state index contributed by atoms with van der Waals surface area (Å²) in [7, 11) is 0. The number of carbonyl (C=O) groups excluding carboxylic acids is 3. The zero-order valence-electron chi connectivity index (χ0n) is 16.5. The lowest BCUT2D eigenvalue weighted by Crippen LogP contribution is -2.51. The van der Waals surface area contributed by atoms with Crippen LogP contribution in [0.25, 0.3) is 0 Å². The van der Waals surface area contributed by atoms with Crippen molar-refractivity contribution in [1.82, 2.24) is 0 Å². The maximum absolute atomic E-state index is 13.1. The third kappa shape index (κ3) is 4.38. The van der Waals surface area contributed by atoms with Crippen LogP contribution in [-0.4, -0.2) is 40.0 Å². The van der Waals surface area contributed by atoms with Gasteiger partial charge < -0.3 is 19.7 Å². The minimum atomic E-state index is -1.82. The average Bonchev–Trinajstić information content (AvgIpc) is 2.96. The van der Waals surface area contributed by atoms with Gasteiger partial charge in [-0.3, -0.25) is 4.79 Å². The Balaban J connectivity index is 2.38. The fourth-order valence-electron chi connectivity index (χ4n) is 4.72. The normalized spacial score (nSPS) is 35.8. The first-order chi connectivity index (χ1) is 12.5. The van der Waals surface area contributed by atoms with Crippen molar-refractivity contribution >= 4 is 17.5 Å². The second-order valence-electron chi connectivity index (χ2n) is 8.57. The lowest BCUT2D eigenvalue weighted by Gasteiger charge is -2.37. The van der Waals surface area contributed by atoms with Gasteiger partial charge in [0.25, 0.3) is 0 Å². The van der Waals surface area contributed by atoms with Crippen molar-refractivity contribution in [2.24, 2.45) is 23.2 Å². The van der Waals surface area contributed by atoms with Gasteiger partial charge in [0.1, 0.15) is 11.4 Å². The third-order valence-corrected chi connectivity index (χ3v) is 6.08. The van der Waals surface area contributed by atoms with Crippen LogP contribution in [0.5, 0.6) is 0 Å². The third-order valence-electron chi connectivity index (χ3n) is 6.08. The van der Waals surface area contributed by atoms with E-state index in [1.165, 1.54) is 19.3 Å². The molecule has 0 saturated heterocycles. The molecule has 5 atom stereocenters. The van der Waals surface area contributed by atoms with Gasteiger partial charge in [0.15, 0.2) is 5.78 Å². The predicted molar refractivity (Wildman–Crippen MR) is 99.4 cm³/mol. The van der Waals surface area contributed by atoms with Gasteiger partial charge in [0.2, 0.25) is 0 Å². The van der Waals surface area contributed by atoms with Crippen molar-refractivity contribution in [2.45, 2.75) is 59.0 Å². The molecule has 2 aliphatic rings. The Morgan fingerprint density at radius 1 is 1.30 bits per heavy atom. The van der Waals surface area contributed by atoms with Gasteiger partial charge in [-0.1, -0.05) is 12.5 Å². The molecule has 2 fully saturated rings. The maximum Gasteiger partial charge on any atom is 0.335 e. The van der Waals surface area contributed by atoms with Gasteiger partial charge in [-0.25, -0.2) is 4.79 Å². The Kier molecular flexibility index (Phi) is 6.43. The van der Waals surface area contributed by atoms with Crippen LogP contribution in [0.15, 0.2) is 24.0 Å². The SMILES string of the molecule is CC(=O)CC1C(=O)C(O)(CO)C2CCC(C)(C2)C1C=COC(=O)C=C(C)C. The van der Waals surface area contributed by atoms with Crippen LogP contribution in [-0.2, 0) is 19.1 Å². The molecule has 150 valence electrons. The minimum absolute atomic E-state index is 0.0135. The Morgan fingerprint density at radius 3 is 2.52 bits per heavy atom. The van der Waals surface area contributed by atoms with Gasteiger partial charge >= 0.3 is 5.97 Å². The first-order valence-corrected chi connectivity index (χ1v) is 9.42. The number of hydrogen-bond acceptors (Lipinski definition) is 6. The number of allylic oxidation sites excluding steroid dienone is 2. The Bertz CT molecular complexity index is 674. The number of aliphatic hydroxyl groups excluding tert-OH is 1. The highest BCUT2D eigenvalue weighted by Gasteiger charge is 2.59. The van der Waals surface area contributed by atoms with Crippen molar-refractivity contribution in [3.05, 3.63) is 24.0 Å². The highest BCUT2D eigenvalue weighted by molar-refractivity contribution is 5.94. The first-order valence-electron chi connectivity index (χ1n) is 9.42. The highest BCUT2D eigenvalue weighted by atomic mass is 16.5. The highest BCUT2D eigenvalue weighted by Crippen LogP contribution is 2.57. The number of rotatable bonds is 6. The molecule has 2 bridgehead atoms. The van der Waals surface area contributed by atoms with Crippen LogP contribution >= 0.6 is 0 Å². The Hall–Kier alpha value is -1.79. The fraction of sp³-hybridized carbons (Fsp3) is 0.667.